The molecule has 3 aromatic heterocycles. The maximum absolute atomic E-state index is 12.3. The largest absolute Gasteiger partial charge is 0.376 e. The third-order valence-corrected chi connectivity index (χ3v) is 6.50. The van der Waals surface area contributed by atoms with Gasteiger partial charge < -0.3 is 10.1 Å². The Morgan fingerprint density at radius 2 is 2.32 bits per heavy atom. The summed E-state index contributed by atoms with van der Waals surface area (Å²) < 4.78 is 8.73. The van der Waals surface area contributed by atoms with Gasteiger partial charge in [0.2, 0.25) is 5.91 Å². The number of thiophene rings is 1. The van der Waals surface area contributed by atoms with Crippen molar-refractivity contribution < 1.29 is 9.53 Å². The lowest BCUT2D eigenvalue weighted by Gasteiger charge is -2.14. The van der Waals surface area contributed by atoms with Crippen molar-refractivity contribution in [3.63, 3.8) is 0 Å². The lowest BCUT2D eigenvalue weighted by molar-refractivity contribution is -0.113. The molecule has 1 aliphatic rings. The van der Waals surface area contributed by atoms with Crippen LogP contribution in [0.4, 0.5) is 5.82 Å². The van der Waals surface area contributed by atoms with Gasteiger partial charge in [0.1, 0.15) is 5.82 Å². The molecule has 28 heavy (non-hydrogen) atoms. The molecule has 10 heteroatoms. The smallest absolute Gasteiger partial charge is 0.236 e. The third-order valence-electron chi connectivity index (χ3n) is 4.20. The molecule has 1 unspecified atom stereocenters. The number of carbonyl (C=O) groups is 1. The van der Waals surface area contributed by atoms with Crippen LogP contribution in [0.15, 0.2) is 45.5 Å². The van der Waals surface area contributed by atoms with E-state index >= 15 is 0 Å². The number of pyridine rings is 1. The number of nitrogens with one attached hydrogen (secondary N) is 1. The summed E-state index contributed by atoms with van der Waals surface area (Å²) in [6.07, 6.45) is 3.91. The first kappa shape index (κ1) is 19.6. The minimum atomic E-state index is -0.135. The number of hydrogen-bond donors (Lipinski definition) is 1. The number of halogens is 1. The van der Waals surface area contributed by atoms with Gasteiger partial charge in [0.15, 0.2) is 11.0 Å². The Morgan fingerprint density at radius 3 is 3.04 bits per heavy atom. The monoisotopic (exact) mass is 479 g/mol. The Bertz CT molecular complexity index is 924. The predicted molar refractivity (Wildman–Crippen MR) is 114 cm³/mol. The molecule has 0 saturated carbocycles. The Balaban J connectivity index is 1.45. The van der Waals surface area contributed by atoms with Gasteiger partial charge in [0.25, 0.3) is 0 Å². The van der Waals surface area contributed by atoms with E-state index < -0.39 is 0 Å². The zero-order chi connectivity index (χ0) is 19.3. The molecular formula is C18H18BrN5O2S2. The molecule has 1 fully saturated rings. The Morgan fingerprint density at radius 1 is 1.39 bits per heavy atom. The highest BCUT2D eigenvalue weighted by Gasteiger charge is 2.22. The normalized spacial score (nSPS) is 16.4. The topological polar surface area (TPSA) is 81.9 Å². The van der Waals surface area contributed by atoms with E-state index in [1.165, 1.54) is 11.8 Å². The molecule has 4 heterocycles. The number of amides is 1. The zero-order valence-electron chi connectivity index (χ0n) is 14.9. The molecule has 1 amide bonds. The number of ether oxygens (including phenoxy) is 1. The van der Waals surface area contributed by atoms with E-state index in [0.29, 0.717) is 12.4 Å². The number of anilines is 1. The highest BCUT2D eigenvalue weighted by atomic mass is 79.9. The molecule has 1 N–H and O–H groups in total. The molecule has 4 rings (SSSR count). The van der Waals surface area contributed by atoms with E-state index in [-0.39, 0.29) is 17.8 Å². The molecule has 0 bridgehead atoms. The molecule has 0 radical (unpaired) electrons. The summed E-state index contributed by atoms with van der Waals surface area (Å²) in [5.74, 6) is 1.44. The first-order chi connectivity index (χ1) is 13.7. The summed E-state index contributed by atoms with van der Waals surface area (Å²) in [6.45, 7) is 1.49. The average Bonchev–Trinajstić information content (AvgIpc) is 3.44. The summed E-state index contributed by atoms with van der Waals surface area (Å²) in [6, 6.07) is 7.61. The van der Waals surface area contributed by atoms with Crippen LogP contribution >= 0.6 is 39.0 Å². The summed E-state index contributed by atoms with van der Waals surface area (Å²) in [5.41, 5.74) is 0. The van der Waals surface area contributed by atoms with E-state index in [9.17, 15) is 4.79 Å². The highest BCUT2D eigenvalue weighted by Crippen LogP contribution is 2.29. The Kier molecular flexibility index (Phi) is 6.40. The van der Waals surface area contributed by atoms with E-state index in [4.69, 9.17) is 4.74 Å². The summed E-state index contributed by atoms with van der Waals surface area (Å²) in [7, 11) is 0. The molecule has 146 valence electrons. The van der Waals surface area contributed by atoms with Crippen LogP contribution in [0.3, 0.4) is 0 Å². The minimum Gasteiger partial charge on any atom is -0.376 e. The van der Waals surface area contributed by atoms with Crippen LogP contribution < -0.4 is 5.32 Å². The highest BCUT2D eigenvalue weighted by molar-refractivity contribution is 9.10. The van der Waals surface area contributed by atoms with Crippen LogP contribution in [-0.4, -0.2) is 44.1 Å². The standard InChI is InChI=1S/C18H18BrN5O2S2/c19-12-5-6-15(20-9-12)21-16(25)11-28-18-23-22-17(14-4-2-8-27-14)24(18)10-13-3-1-7-26-13/h2,4-6,8-9,13H,1,3,7,10-11H2,(H,20,21,25). The van der Waals surface area contributed by atoms with Crippen LogP contribution in [-0.2, 0) is 16.1 Å². The van der Waals surface area contributed by atoms with E-state index in [2.05, 4.69) is 41.0 Å². The van der Waals surface area contributed by atoms with E-state index in [0.717, 1.165) is 39.8 Å². The molecule has 7 nitrogen and oxygen atoms in total. The van der Waals surface area contributed by atoms with Crippen molar-refractivity contribution in [2.24, 2.45) is 0 Å². The second kappa shape index (κ2) is 9.17. The molecule has 1 atom stereocenters. The number of aromatic nitrogens is 4. The van der Waals surface area contributed by atoms with E-state index in [1.807, 2.05) is 23.6 Å². The predicted octanol–water partition coefficient (Wildman–Crippen LogP) is 4.07. The lowest BCUT2D eigenvalue weighted by Crippen LogP contribution is -2.18. The average molecular weight is 480 g/mol. The zero-order valence-corrected chi connectivity index (χ0v) is 18.1. The molecular weight excluding hydrogens is 462 g/mol. The number of carbonyl (C=O) groups excluding carboxylic acids is 1. The number of hydrogen-bond acceptors (Lipinski definition) is 7. The van der Waals surface area contributed by atoms with Crippen molar-refractivity contribution >= 4 is 50.8 Å². The van der Waals surface area contributed by atoms with Gasteiger partial charge in [-0.05, 0) is 52.4 Å². The molecule has 0 aromatic carbocycles. The van der Waals surface area contributed by atoms with Gasteiger partial charge in [-0.1, -0.05) is 17.8 Å². The second-order valence-electron chi connectivity index (χ2n) is 6.23. The summed E-state index contributed by atoms with van der Waals surface area (Å²) >= 11 is 6.32. The summed E-state index contributed by atoms with van der Waals surface area (Å²) in [5, 5.41) is 14.2. The van der Waals surface area contributed by atoms with Crippen LogP contribution in [0.5, 0.6) is 0 Å². The molecule has 1 saturated heterocycles. The van der Waals surface area contributed by atoms with Crippen molar-refractivity contribution in [1.29, 1.82) is 0 Å². The SMILES string of the molecule is O=C(CSc1nnc(-c2cccs2)n1CC1CCCO1)Nc1ccc(Br)cn1. The van der Waals surface area contributed by atoms with Gasteiger partial charge in [-0.2, -0.15) is 0 Å². The fraction of sp³-hybridized carbons (Fsp3) is 0.333. The Hall–Kier alpha value is -1.75. The van der Waals surface area contributed by atoms with Crippen LogP contribution in [0, 0.1) is 0 Å². The maximum atomic E-state index is 12.3. The number of thioether (sulfide) groups is 1. The maximum Gasteiger partial charge on any atom is 0.236 e. The van der Waals surface area contributed by atoms with Crippen LogP contribution in [0.1, 0.15) is 12.8 Å². The van der Waals surface area contributed by atoms with Crippen LogP contribution in [0.25, 0.3) is 10.7 Å². The van der Waals surface area contributed by atoms with Crippen molar-refractivity contribution in [3.05, 3.63) is 40.3 Å². The van der Waals surface area contributed by atoms with Gasteiger partial charge in [-0.25, -0.2) is 4.98 Å². The fourth-order valence-electron chi connectivity index (χ4n) is 2.90. The summed E-state index contributed by atoms with van der Waals surface area (Å²) in [4.78, 5) is 17.5. The first-order valence-corrected chi connectivity index (χ1v) is 11.5. The van der Waals surface area contributed by atoms with Gasteiger partial charge in [0.05, 0.1) is 23.3 Å². The Labute approximate surface area is 179 Å². The first-order valence-electron chi connectivity index (χ1n) is 8.82. The number of rotatable bonds is 7. The molecule has 0 spiro atoms. The third kappa shape index (κ3) is 4.80. The lowest BCUT2D eigenvalue weighted by atomic mass is 10.2. The van der Waals surface area contributed by atoms with Crippen molar-refractivity contribution in [3.8, 4) is 10.7 Å². The van der Waals surface area contributed by atoms with Crippen molar-refractivity contribution in [2.45, 2.75) is 30.6 Å². The van der Waals surface area contributed by atoms with Gasteiger partial charge >= 0.3 is 0 Å². The van der Waals surface area contributed by atoms with Gasteiger partial charge in [0, 0.05) is 17.3 Å². The molecule has 1 aliphatic heterocycles. The van der Waals surface area contributed by atoms with Crippen molar-refractivity contribution in [1.82, 2.24) is 19.7 Å². The van der Waals surface area contributed by atoms with Gasteiger partial charge in [-0.15, -0.1) is 21.5 Å². The number of nitrogens with zero attached hydrogens (tertiary/aromatic N) is 4. The quantitative estimate of drug-likeness (QED) is 0.514. The molecule has 3 aromatic rings. The fourth-order valence-corrected chi connectivity index (χ4v) is 4.60. The van der Waals surface area contributed by atoms with Crippen LogP contribution in [0.2, 0.25) is 0 Å². The minimum absolute atomic E-state index is 0.135. The molecule has 0 aliphatic carbocycles. The van der Waals surface area contributed by atoms with Gasteiger partial charge in [-0.3, -0.25) is 9.36 Å². The van der Waals surface area contributed by atoms with E-state index in [1.54, 1.807) is 23.6 Å². The second-order valence-corrected chi connectivity index (χ2v) is 9.03. The van der Waals surface area contributed by atoms with Crippen molar-refractivity contribution in [2.75, 3.05) is 17.7 Å².